The maximum absolute atomic E-state index is 5.57. The normalized spacial score (nSPS) is 15.3. The van der Waals surface area contributed by atoms with Gasteiger partial charge in [-0.05, 0) is 48.2 Å². The summed E-state index contributed by atoms with van der Waals surface area (Å²) in [6.45, 7) is 2.93. The summed E-state index contributed by atoms with van der Waals surface area (Å²) in [7, 11) is 0. The fraction of sp³-hybridized carbons (Fsp3) is 0.273. The number of benzene rings is 2. The minimum Gasteiger partial charge on any atom is -0.467 e. The molecular weight excluding hydrogens is 354 g/mol. The van der Waals surface area contributed by atoms with Crippen molar-refractivity contribution in [3.8, 4) is 0 Å². The van der Waals surface area contributed by atoms with Crippen LogP contribution < -0.4 is 0 Å². The fourth-order valence-corrected chi connectivity index (χ4v) is 4.40. The SMILES string of the molecule is CC(Sc1nnc(C2CC2)n1Cc1ccco1)c1ccc2ccccc2c1. The van der Waals surface area contributed by atoms with Gasteiger partial charge in [-0.2, -0.15) is 0 Å². The molecule has 0 bridgehead atoms. The van der Waals surface area contributed by atoms with Crippen LogP contribution in [0.15, 0.2) is 70.4 Å². The van der Waals surface area contributed by atoms with E-state index in [1.807, 2.05) is 12.1 Å². The molecule has 2 aromatic carbocycles. The lowest BCUT2D eigenvalue weighted by molar-refractivity contribution is 0.478. The van der Waals surface area contributed by atoms with E-state index >= 15 is 0 Å². The zero-order chi connectivity index (χ0) is 18.2. The van der Waals surface area contributed by atoms with Gasteiger partial charge in [0, 0.05) is 11.2 Å². The van der Waals surface area contributed by atoms with Crippen LogP contribution in [0.25, 0.3) is 10.8 Å². The molecule has 1 atom stereocenters. The van der Waals surface area contributed by atoms with Crippen LogP contribution in [0.2, 0.25) is 0 Å². The third kappa shape index (κ3) is 3.39. The lowest BCUT2D eigenvalue weighted by atomic mass is 10.1. The van der Waals surface area contributed by atoms with Crippen molar-refractivity contribution in [2.45, 2.75) is 42.6 Å². The molecule has 0 radical (unpaired) electrons. The third-order valence-electron chi connectivity index (χ3n) is 5.11. The molecule has 1 aliphatic rings. The van der Waals surface area contributed by atoms with Crippen LogP contribution in [0.3, 0.4) is 0 Å². The van der Waals surface area contributed by atoms with Crippen LogP contribution in [0.4, 0.5) is 0 Å². The molecule has 4 aromatic rings. The smallest absolute Gasteiger partial charge is 0.192 e. The van der Waals surface area contributed by atoms with Gasteiger partial charge in [0.1, 0.15) is 11.6 Å². The van der Waals surface area contributed by atoms with Crippen molar-refractivity contribution in [1.29, 1.82) is 0 Å². The Bertz CT molecular complexity index is 1070. The number of nitrogens with zero attached hydrogens (tertiary/aromatic N) is 3. The third-order valence-corrected chi connectivity index (χ3v) is 6.25. The first-order valence-electron chi connectivity index (χ1n) is 9.39. The van der Waals surface area contributed by atoms with Crippen molar-refractivity contribution in [2.75, 3.05) is 0 Å². The number of hydrogen-bond donors (Lipinski definition) is 0. The van der Waals surface area contributed by atoms with Gasteiger partial charge in [-0.3, -0.25) is 4.57 Å². The van der Waals surface area contributed by atoms with Crippen LogP contribution in [0.5, 0.6) is 0 Å². The molecular formula is C22H21N3OS. The fourth-order valence-electron chi connectivity index (χ4n) is 3.42. The molecule has 5 heteroatoms. The van der Waals surface area contributed by atoms with Crippen molar-refractivity contribution < 1.29 is 4.42 Å². The zero-order valence-electron chi connectivity index (χ0n) is 15.2. The first-order valence-corrected chi connectivity index (χ1v) is 10.3. The van der Waals surface area contributed by atoms with E-state index < -0.39 is 0 Å². The second kappa shape index (κ2) is 6.89. The van der Waals surface area contributed by atoms with E-state index in [9.17, 15) is 0 Å². The number of aromatic nitrogens is 3. The number of hydrogen-bond acceptors (Lipinski definition) is 4. The van der Waals surface area contributed by atoms with Crippen LogP contribution in [0.1, 0.15) is 48.1 Å². The predicted molar refractivity (Wildman–Crippen MR) is 108 cm³/mol. The van der Waals surface area contributed by atoms with Crippen LogP contribution in [0, 0.1) is 0 Å². The van der Waals surface area contributed by atoms with Crippen molar-refractivity contribution in [3.05, 3.63) is 78.0 Å². The summed E-state index contributed by atoms with van der Waals surface area (Å²) >= 11 is 1.77. The number of furan rings is 1. The Hall–Kier alpha value is -2.53. The highest BCUT2D eigenvalue weighted by Gasteiger charge is 2.31. The molecule has 136 valence electrons. The summed E-state index contributed by atoms with van der Waals surface area (Å²) in [5, 5.41) is 12.8. The topological polar surface area (TPSA) is 43.9 Å². The van der Waals surface area contributed by atoms with Crippen molar-refractivity contribution >= 4 is 22.5 Å². The maximum Gasteiger partial charge on any atom is 0.192 e. The largest absolute Gasteiger partial charge is 0.467 e. The van der Waals surface area contributed by atoms with E-state index in [-0.39, 0.29) is 0 Å². The minimum absolute atomic E-state index is 0.293. The quantitative estimate of drug-likeness (QED) is 0.399. The molecule has 1 saturated carbocycles. The summed E-state index contributed by atoms with van der Waals surface area (Å²) in [5.74, 6) is 2.59. The maximum atomic E-state index is 5.57. The van der Waals surface area contributed by atoms with Gasteiger partial charge in [-0.25, -0.2) is 0 Å². The highest BCUT2D eigenvalue weighted by Crippen LogP contribution is 2.42. The summed E-state index contributed by atoms with van der Waals surface area (Å²) < 4.78 is 7.80. The lowest BCUT2D eigenvalue weighted by Gasteiger charge is -2.14. The summed E-state index contributed by atoms with van der Waals surface area (Å²) in [5.41, 5.74) is 1.30. The Morgan fingerprint density at radius 2 is 1.93 bits per heavy atom. The Balaban J connectivity index is 1.43. The number of rotatable bonds is 6. The van der Waals surface area contributed by atoms with E-state index in [2.05, 4.69) is 64.2 Å². The molecule has 2 aromatic heterocycles. The highest BCUT2D eigenvalue weighted by molar-refractivity contribution is 7.99. The number of thioether (sulfide) groups is 1. The molecule has 1 unspecified atom stereocenters. The van der Waals surface area contributed by atoms with Gasteiger partial charge in [0.15, 0.2) is 5.16 Å². The molecule has 5 rings (SSSR count). The molecule has 0 spiro atoms. The van der Waals surface area contributed by atoms with Crippen molar-refractivity contribution in [3.63, 3.8) is 0 Å². The lowest BCUT2D eigenvalue weighted by Crippen LogP contribution is -2.06. The Labute approximate surface area is 162 Å². The van der Waals surface area contributed by atoms with Crippen LogP contribution >= 0.6 is 11.8 Å². The molecule has 0 aliphatic heterocycles. The molecule has 0 amide bonds. The van der Waals surface area contributed by atoms with Crippen LogP contribution in [-0.4, -0.2) is 14.8 Å². The van der Waals surface area contributed by atoms with Crippen LogP contribution in [-0.2, 0) is 6.54 Å². The summed E-state index contributed by atoms with van der Waals surface area (Å²) in [6.07, 6.45) is 4.14. The van der Waals surface area contributed by atoms with Gasteiger partial charge in [-0.15, -0.1) is 10.2 Å². The molecule has 0 N–H and O–H groups in total. The zero-order valence-corrected chi connectivity index (χ0v) is 16.0. The van der Waals surface area contributed by atoms with Gasteiger partial charge in [0.2, 0.25) is 0 Å². The monoisotopic (exact) mass is 375 g/mol. The van der Waals surface area contributed by atoms with E-state index in [4.69, 9.17) is 4.42 Å². The van der Waals surface area contributed by atoms with E-state index in [0.29, 0.717) is 17.7 Å². The average Bonchev–Trinajstić information content (AvgIpc) is 3.27. The Kier molecular flexibility index (Phi) is 4.24. The Morgan fingerprint density at radius 1 is 1.07 bits per heavy atom. The predicted octanol–water partition coefficient (Wildman–Crippen LogP) is 5.80. The molecule has 1 aliphatic carbocycles. The average molecular weight is 375 g/mol. The van der Waals surface area contributed by atoms with Crippen molar-refractivity contribution in [1.82, 2.24) is 14.8 Å². The molecule has 4 nitrogen and oxygen atoms in total. The summed E-state index contributed by atoms with van der Waals surface area (Å²) in [6, 6.07) is 19.1. The highest BCUT2D eigenvalue weighted by atomic mass is 32.2. The van der Waals surface area contributed by atoms with Gasteiger partial charge in [0.25, 0.3) is 0 Å². The molecule has 0 saturated heterocycles. The molecule has 27 heavy (non-hydrogen) atoms. The second-order valence-electron chi connectivity index (χ2n) is 7.15. The first kappa shape index (κ1) is 16.6. The van der Waals surface area contributed by atoms with E-state index in [0.717, 1.165) is 16.7 Å². The van der Waals surface area contributed by atoms with E-state index in [1.165, 1.54) is 29.2 Å². The Morgan fingerprint density at radius 3 is 2.70 bits per heavy atom. The van der Waals surface area contributed by atoms with E-state index in [1.54, 1.807) is 18.0 Å². The van der Waals surface area contributed by atoms with Crippen molar-refractivity contribution in [2.24, 2.45) is 0 Å². The molecule has 2 heterocycles. The van der Waals surface area contributed by atoms with Gasteiger partial charge >= 0.3 is 0 Å². The molecule has 1 fully saturated rings. The minimum atomic E-state index is 0.293. The summed E-state index contributed by atoms with van der Waals surface area (Å²) in [4.78, 5) is 0. The first-order chi connectivity index (χ1) is 13.3. The second-order valence-corrected chi connectivity index (χ2v) is 8.46. The van der Waals surface area contributed by atoms with Gasteiger partial charge < -0.3 is 4.42 Å². The number of fused-ring (bicyclic) bond motifs is 1. The standard InChI is InChI=1S/C22H21N3OS/c1-15(18-11-8-16-5-2-3-6-19(16)13-18)27-22-24-23-21(17-9-10-17)25(22)14-20-7-4-12-26-20/h2-8,11-13,15,17H,9-10,14H2,1H3. The van der Waals surface area contributed by atoms with Gasteiger partial charge in [0.05, 0.1) is 12.8 Å². The van der Waals surface area contributed by atoms with Gasteiger partial charge in [-0.1, -0.05) is 54.2 Å².